The zero-order valence-corrected chi connectivity index (χ0v) is 19.0. The van der Waals surface area contributed by atoms with E-state index in [0.29, 0.717) is 18.8 Å². The van der Waals surface area contributed by atoms with Gasteiger partial charge in [0.2, 0.25) is 0 Å². The topological polar surface area (TPSA) is 79.8 Å². The van der Waals surface area contributed by atoms with Crippen molar-refractivity contribution in [2.45, 2.75) is 13.1 Å². The highest BCUT2D eigenvalue weighted by Crippen LogP contribution is 2.24. The molecule has 0 saturated heterocycles. The van der Waals surface area contributed by atoms with Crippen molar-refractivity contribution < 1.29 is 4.79 Å². The van der Waals surface area contributed by atoms with Crippen LogP contribution >= 0.6 is 0 Å². The predicted octanol–water partition coefficient (Wildman–Crippen LogP) is 4.88. The fourth-order valence-electron chi connectivity index (χ4n) is 4.04. The molecule has 0 fully saturated rings. The van der Waals surface area contributed by atoms with Gasteiger partial charge in [-0.05, 0) is 46.0 Å². The fourth-order valence-corrected chi connectivity index (χ4v) is 4.04. The molecule has 0 aliphatic heterocycles. The van der Waals surface area contributed by atoms with Gasteiger partial charge in [-0.2, -0.15) is 5.10 Å². The molecule has 6 nitrogen and oxygen atoms in total. The van der Waals surface area contributed by atoms with E-state index in [1.54, 1.807) is 18.3 Å². The highest BCUT2D eigenvalue weighted by Gasteiger charge is 2.13. The molecule has 2 heterocycles. The molecule has 0 saturated carbocycles. The third-order valence-corrected chi connectivity index (χ3v) is 5.86. The van der Waals surface area contributed by atoms with Crippen LogP contribution in [-0.2, 0) is 13.1 Å². The Labute approximate surface area is 202 Å². The first-order valence-electron chi connectivity index (χ1n) is 11.4. The summed E-state index contributed by atoms with van der Waals surface area (Å²) in [6, 6.07) is 31.0. The SMILES string of the molecule is O=C(NCc1ccccc1-c1ccc(Cn2cccn2)cc1)c1ccc(-c2ccccc2)[nH]c1=O. The van der Waals surface area contributed by atoms with Crippen molar-refractivity contribution in [3.8, 4) is 22.4 Å². The molecule has 1 amide bonds. The molecular formula is C29H24N4O2. The monoisotopic (exact) mass is 460 g/mol. The number of hydrogen-bond acceptors (Lipinski definition) is 3. The number of amides is 1. The van der Waals surface area contributed by atoms with Crippen LogP contribution in [0.25, 0.3) is 22.4 Å². The molecular weight excluding hydrogens is 436 g/mol. The van der Waals surface area contributed by atoms with Crippen molar-refractivity contribution in [1.82, 2.24) is 20.1 Å². The number of aromatic nitrogens is 3. The quantitative estimate of drug-likeness (QED) is 0.363. The molecule has 3 aromatic carbocycles. The van der Waals surface area contributed by atoms with Gasteiger partial charge in [-0.15, -0.1) is 0 Å². The largest absolute Gasteiger partial charge is 0.348 e. The number of aromatic amines is 1. The number of nitrogens with zero attached hydrogens (tertiary/aromatic N) is 2. The maximum atomic E-state index is 12.8. The lowest BCUT2D eigenvalue weighted by atomic mass is 9.98. The van der Waals surface area contributed by atoms with Crippen molar-refractivity contribution in [3.05, 3.63) is 136 Å². The maximum Gasteiger partial charge on any atom is 0.261 e. The number of H-pyrrole nitrogens is 1. The van der Waals surface area contributed by atoms with E-state index in [1.165, 1.54) is 0 Å². The molecule has 0 atom stereocenters. The number of hydrogen-bond donors (Lipinski definition) is 2. The van der Waals surface area contributed by atoms with E-state index in [1.807, 2.05) is 71.5 Å². The Kier molecular flexibility index (Phi) is 6.35. The summed E-state index contributed by atoms with van der Waals surface area (Å²) in [5.41, 5.74) is 5.46. The van der Waals surface area contributed by atoms with Crippen LogP contribution in [0.4, 0.5) is 0 Å². The molecule has 6 heteroatoms. The first-order chi connectivity index (χ1) is 17.2. The van der Waals surface area contributed by atoms with E-state index in [4.69, 9.17) is 0 Å². The predicted molar refractivity (Wildman–Crippen MR) is 137 cm³/mol. The third-order valence-electron chi connectivity index (χ3n) is 5.86. The highest BCUT2D eigenvalue weighted by molar-refractivity contribution is 5.94. The van der Waals surface area contributed by atoms with E-state index >= 15 is 0 Å². The summed E-state index contributed by atoms with van der Waals surface area (Å²) < 4.78 is 1.88. The lowest BCUT2D eigenvalue weighted by molar-refractivity contribution is 0.0949. The standard InChI is InChI=1S/C29H24N4O2/c34-28(26-15-16-27(32-29(26)35)23-7-2-1-3-8-23)30-19-24-9-4-5-10-25(24)22-13-11-21(12-14-22)20-33-18-6-17-31-33/h1-18H,19-20H2,(H,30,34)(H,32,35). The normalized spacial score (nSPS) is 10.7. The van der Waals surface area contributed by atoms with Gasteiger partial charge in [0.15, 0.2) is 0 Å². The highest BCUT2D eigenvalue weighted by atomic mass is 16.2. The van der Waals surface area contributed by atoms with Crippen LogP contribution in [0.3, 0.4) is 0 Å². The molecule has 0 aliphatic rings. The number of pyridine rings is 1. The van der Waals surface area contributed by atoms with Crippen LogP contribution in [0.1, 0.15) is 21.5 Å². The van der Waals surface area contributed by atoms with E-state index in [2.05, 4.69) is 39.7 Å². The van der Waals surface area contributed by atoms with Crippen LogP contribution in [0.15, 0.2) is 114 Å². The lowest BCUT2D eigenvalue weighted by Crippen LogP contribution is -2.29. The number of carbonyl (C=O) groups excluding carboxylic acids is 1. The Morgan fingerprint density at radius 3 is 2.34 bits per heavy atom. The van der Waals surface area contributed by atoms with Crippen molar-refractivity contribution in [2.24, 2.45) is 0 Å². The smallest absolute Gasteiger partial charge is 0.261 e. The summed E-state index contributed by atoms with van der Waals surface area (Å²) in [5, 5.41) is 7.15. The second-order valence-electron chi connectivity index (χ2n) is 8.22. The Hall–Kier alpha value is -4.71. The van der Waals surface area contributed by atoms with Gasteiger partial charge in [0.1, 0.15) is 5.56 Å². The molecule has 0 radical (unpaired) electrons. The van der Waals surface area contributed by atoms with Crippen LogP contribution < -0.4 is 10.9 Å². The van der Waals surface area contributed by atoms with Crippen LogP contribution in [0, 0.1) is 0 Å². The molecule has 172 valence electrons. The van der Waals surface area contributed by atoms with Crippen molar-refractivity contribution in [1.29, 1.82) is 0 Å². The molecule has 2 aromatic heterocycles. The first-order valence-corrected chi connectivity index (χ1v) is 11.4. The van der Waals surface area contributed by atoms with Gasteiger partial charge in [-0.3, -0.25) is 14.3 Å². The minimum absolute atomic E-state index is 0.0881. The number of carbonyl (C=O) groups is 1. The average Bonchev–Trinajstić information content (AvgIpc) is 3.41. The summed E-state index contributed by atoms with van der Waals surface area (Å²) in [7, 11) is 0. The maximum absolute atomic E-state index is 12.8. The minimum atomic E-state index is -0.412. The van der Waals surface area contributed by atoms with Gasteiger partial charge in [-0.1, -0.05) is 78.9 Å². The van der Waals surface area contributed by atoms with Crippen LogP contribution in [-0.4, -0.2) is 20.7 Å². The molecule has 35 heavy (non-hydrogen) atoms. The van der Waals surface area contributed by atoms with Gasteiger partial charge in [0, 0.05) is 24.6 Å². The van der Waals surface area contributed by atoms with Gasteiger partial charge in [0.25, 0.3) is 11.5 Å². The number of nitrogens with one attached hydrogen (secondary N) is 2. The van der Waals surface area contributed by atoms with E-state index in [0.717, 1.165) is 27.8 Å². The van der Waals surface area contributed by atoms with Crippen LogP contribution in [0.5, 0.6) is 0 Å². The Morgan fingerprint density at radius 2 is 1.60 bits per heavy atom. The average molecular weight is 461 g/mol. The molecule has 0 unspecified atom stereocenters. The Bertz CT molecular complexity index is 1490. The molecule has 0 spiro atoms. The fraction of sp³-hybridized carbons (Fsp3) is 0.0690. The Balaban J connectivity index is 1.29. The molecule has 5 aromatic rings. The summed E-state index contributed by atoms with van der Waals surface area (Å²) in [6.45, 7) is 1.02. The number of benzene rings is 3. The summed E-state index contributed by atoms with van der Waals surface area (Å²) in [4.78, 5) is 28.2. The van der Waals surface area contributed by atoms with Crippen LogP contribution in [0.2, 0.25) is 0 Å². The van der Waals surface area contributed by atoms with E-state index in [-0.39, 0.29) is 5.56 Å². The molecule has 0 aliphatic carbocycles. The second kappa shape index (κ2) is 10.1. The molecule has 5 rings (SSSR count). The van der Waals surface area contributed by atoms with Crippen molar-refractivity contribution in [3.63, 3.8) is 0 Å². The van der Waals surface area contributed by atoms with E-state index in [9.17, 15) is 9.59 Å². The summed E-state index contributed by atoms with van der Waals surface area (Å²) in [5.74, 6) is -0.407. The second-order valence-corrected chi connectivity index (χ2v) is 8.22. The zero-order chi connectivity index (χ0) is 24.0. The Morgan fingerprint density at radius 1 is 0.829 bits per heavy atom. The lowest BCUT2D eigenvalue weighted by Gasteiger charge is -2.12. The zero-order valence-electron chi connectivity index (χ0n) is 19.0. The van der Waals surface area contributed by atoms with Gasteiger partial charge in [0.05, 0.1) is 6.54 Å². The van der Waals surface area contributed by atoms with Gasteiger partial charge < -0.3 is 10.3 Å². The summed E-state index contributed by atoms with van der Waals surface area (Å²) in [6.07, 6.45) is 3.70. The first kappa shape index (κ1) is 22.1. The number of rotatable bonds is 7. The third kappa shape index (κ3) is 5.12. The van der Waals surface area contributed by atoms with Gasteiger partial charge >= 0.3 is 0 Å². The summed E-state index contributed by atoms with van der Waals surface area (Å²) >= 11 is 0. The van der Waals surface area contributed by atoms with Crippen molar-refractivity contribution in [2.75, 3.05) is 0 Å². The van der Waals surface area contributed by atoms with Gasteiger partial charge in [-0.25, -0.2) is 0 Å². The molecule has 2 N–H and O–H groups in total. The minimum Gasteiger partial charge on any atom is -0.348 e. The van der Waals surface area contributed by atoms with E-state index < -0.39 is 11.5 Å². The molecule has 0 bridgehead atoms. The van der Waals surface area contributed by atoms with Crippen molar-refractivity contribution >= 4 is 5.91 Å².